The largest absolute Gasteiger partial charge is 0.481 e. The Kier molecular flexibility index (Phi) is 4.82. The molecule has 0 aliphatic heterocycles. The smallest absolute Gasteiger partial charge is 0.305 e. The Hall–Kier alpha value is -1.70. The molecule has 1 aromatic rings. The van der Waals surface area contributed by atoms with Crippen LogP contribution in [0.25, 0.3) is 6.08 Å². The fourth-order valence-corrected chi connectivity index (χ4v) is 2.38. The molecule has 0 radical (unpaired) electrons. The van der Waals surface area contributed by atoms with Crippen LogP contribution in [0.2, 0.25) is 0 Å². The van der Waals surface area contributed by atoms with Crippen molar-refractivity contribution in [3.8, 4) is 0 Å². The van der Waals surface area contributed by atoms with Crippen LogP contribution in [0.3, 0.4) is 0 Å². The van der Waals surface area contributed by atoms with Crippen LogP contribution in [-0.4, -0.2) is 19.5 Å². The van der Waals surface area contributed by atoms with Gasteiger partial charge in [0.25, 0.3) is 0 Å². The third-order valence-corrected chi connectivity index (χ3v) is 3.28. The molecule has 0 amide bonds. The maximum atomic E-state index is 11.1. The summed E-state index contributed by atoms with van der Waals surface area (Å²) in [5, 5.41) is 13.7. The van der Waals surface area contributed by atoms with Gasteiger partial charge in [-0.15, -0.1) is 0 Å². The molecule has 19 heavy (non-hydrogen) atoms. The van der Waals surface area contributed by atoms with Crippen molar-refractivity contribution in [2.75, 3.05) is 0 Å². The Bertz CT molecular complexity index is 596. The lowest BCUT2D eigenvalue weighted by molar-refractivity contribution is -0.137. The van der Waals surface area contributed by atoms with Gasteiger partial charge in [-0.1, -0.05) is 24.8 Å². The number of hydrogen-bond acceptors (Lipinski definition) is 4. The predicted molar refractivity (Wildman–Crippen MR) is 72.5 cm³/mol. The standard InChI is InChI=1S/C12H16N2O4S/c1-2-8-5-9(11(13)6-12(15)16)3-4-10(8)7-19(14,17)18/h2-5,11H,1,6-7,13H2,(H,15,16)(H2,14,17,18). The zero-order chi connectivity index (χ0) is 14.6. The van der Waals surface area contributed by atoms with Crippen molar-refractivity contribution in [1.82, 2.24) is 0 Å². The number of carbonyl (C=O) groups is 1. The highest BCUT2D eigenvalue weighted by molar-refractivity contribution is 7.88. The second kappa shape index (κ2) is 5.96. The molecule has 1 atom stereocenters. The summed E-state index contributed by atoms with van der Waals surface area (Å²) in [5.41, 5.74) is 7.43. The molecule has 6 nitrogen and oxygen atoms in total. The van der Waals surface area contributed by atoms with Crippen LogP contribution in [0.1, 0.15) is 29.2 Å². The minimum Gasteiger partial charge on any atom is -0.481 e. The summed E-state index contributed by atoms with van der Waals surface area (Å²) in [7, 11) is -3.64. The van der Waals surface area contributed by atoms with Crippen LogP contribution in [0.15, 0.2) is 24.8 Å². The second-order valence-corrected chi connectivity index (χ2v) is 5.79. The molecule has 0 saturated carbocycles. The molecule has 0 aromatic heterocycles. The van der Waals surface area contributed by atoms with E-state index in [1.165, 1.54) is 6.08 Å². The Morgan fingerprint density at radius 1 is 1.47 bits per heavy atom. The molecule has 104 valence electrons. The quantitative estimate of drug-likeness (QED) is 0.705. The van der Waals surface area contributed by atoms with Gasteiger partial charge >= 0.3 is 5.97 Å². The fraction of sp³-hybridized carbons (Fsp3) is 0.250. The first-order valence-corrected chi connectivity index (χ1v) is 7.17. The number of sulfonamides is 1. The SMILES string of the molecule is C=Cc1cc(C(N)CC(=O)O)ccc1CS(N)(=O)=O. The van der Waals surface area contributed by atoms with Crippen LogP contribution < -0.4 is 10.9 Å². The Labute approximate surface area is 111 Å². The number of carboxylic acid groups (broad SMARTS) is 1. The number of benzene rings is 1. The molecule has 0 bridgehead atoms. The third-order valence-electron chi connectivity index (χ3n) is 2.57. The maximum absolute atomic E-state index is 11.1. The van der Waals surface area contributed by atoms with E-state index in [1.807, 2.05) is 0 Å². The lowest BCUT2D eigenvalue weighted by Crippen LogP contribution is -2.17. The summed E-state index contributed by atoms with van der Waals surface area (Å²) in [6, 6.07) is 4.14. The van der Waals surface area contributed by atoms with Gasteiger partial charge in [0.15, 0.2) is 0 Å². The molecule has 0 saturated heterocycles. The predicted octanol–water partition coefficient (Wildman–Crippen LogP) is 0.593. The number of carboxylic acids is 1. The van der Waals surface area contributed by atoms with Crippen molar-refractivity contribution in [2.24, 2.45) is 10.9 Å². The molecular formula is C12H16N2O4S. The van der Waals surface area contributed by atoms with E-state index < -0.39 is 22.0 Å². The average molecular weight is 284 g/mol. The van der Waals surface area contributed by atoms with Crippen LogP contribution in [-0.2, 0) is 20.6 Å². The number of nitrogens with two attached hydrogens (primary N) is 2. The van der Waals surface area contributed by atoms with E-state index in [4.69, 9.17) is 16.0 Å². The van der Waals surface area contributed by atoms with Gasteiger partial charge in [0.2, 0.25) is 10.0 Å². The Morgan fingerprint density at radius 2 is 2.11 bits per heavy atom. The molecule has 0 spiro atoms. The first kappa shape index (κ1) is 15.4. The molecule has 0 heterocycles. The van der Waals surface area contributed by atoms with Gasteiger partial charge in [-0.2, -0.15) is 0 Å². The number of hydrogen-bond donors (Lipinski definition) is 3. The molecule has 1 unspecified atom stereocenters. The molecule has 1 aromatic carbocycles. The lowest BCUT2D eigenvalue weighted by Gasteiger charge is -2.12. The van der Waals surface area contributed by atoms with E-state index in [0.29, 0.717) is 16.7 Å². The van der Waals surface area contributed by atoms with Crippen molar-refractivity contribution < 1.29 is 18.3 Å². The summed E-state index contributed by atoms with van der Waals surface area (Å²) in [6.45, 7) is 3.59. The molecule has 7 heteroatoms. The summed E-state index contributed by atoms with van der Waals surface area (Å²) >= 11 is 0. The van der Waals surface area contributed by atoms with E-state index in [1.54, 1.807) is 18.2 Å². The van der Waals surface area contributed by atoms with Crippen LogP contribution in [0, 0.1) is 0 Å². The van der Waals surface area contributed by atoms with E-state index >= 15 is 0 Å². The van der Waals surface area contributed by atoms with Crippen LogP contribution >= 0.6 is 0 Å². The summed E-state index contributed by atoms with van der Waals surface area (Å²) < 4.78 is 22.1. The highest BCUT2D eigenvalue weighted by Gasteiger charge is 2.14. The molecule has 1 rings (SSSR count). The third kappa shape index (κ3) is 4.82. The molecular weight excluding hydrogens is 268 g/mol. The maximum Gasteiger partial charge on any atom is 0.305 e. The molecule has 0 fully saturated rings. The van der Waals surface area contributed by atoms with Crippen LogP contribution in [0.4, 0.5) is 0 Å². The first-order chi connectivity index (χ1) is 8.73. The van der Waals surface area contributed by atoms with Gasteiger partial charge in [-0.05, 0) is 22.8 Å². The molecule has 0 aliphatic rings. The van der Waals surface area contributed by atoms with E-state index in [0.717, 1.165) is 0 Å². The van der Waals surface area contributed by atoms with Crippen molar-refractivity contribution in [3.05, 3.63) is 41.5 Å². The van der Waals surface area contributed by atoms with E-state index in [-0.39, 0.29) is 12.2 Å². The van der Waals surface area contributed by atoms with Crippen molar-refractivity contribution in [3.63, 3.8) is 0 Å². The van der Waals surface area contributed by atoms with Gasteiger partial charge in [-0.3, -0.25) is 4.79 Å². The van der Waals surface area contributed by atoms with Crippen molar-refractivity contribution in [1.29, 1.82) is 0 Å². The Morgan fingerprint density at radius 3 is 2.58 bits per heavy atom. The lowest BCUT2D eigenvalue weighted by atomic mass is 9.99. The van der Waals surface area contributed by atoms with Gasteiger partial charge in [-0.25, -0.2) is 13.6 Å². The van der Waals surface area contributed by atoms with Crippen molar-refractivity contribution in [2.45, 2.75) is 18.2 Å². The van der Waals surface area contributed by atoms with Gasteiger partial charge in [0.05, 0.1) is 12.2 Å². The minimum absolute atomic E-state index is 0.203. The minimum atomic E-state index is -3.64. The summed E-state index contributed by atoms with van der Waals surface area (Å²) in [4.78, 5) is 10.6. The second-order valence-electron chi connectivity index (χ2n) is 4.17. The zero-order valence-electron chi connectivity index (χ0n) is 10.2. The summed E-state index contributed by atoms with van der Waals surface area (Å²) in [5.74, 6) is -1.30. The molecule has 5 N–H and O–H groups in total. The van der Waals surface area contributed by atoms with E-state index in [2.05, 4.69) is 6.58 Å². The van der Waals surface area contributed by atoms with E-state index in [9.17, 15) is 13.2 Å². The van der Waals surface area contributed by atoms with Crippen molar-refractivity contribution >= 4 is 22.1 Å². The average Bonchev–Trinajstić information content (AvgIpc) is 2.26. The number of rotatable bonds is 6. The number of primary sulfonamides is 1. The highest BCUT2D eigenvalue weighted by atomic mass is 32.2. The fourth-order valence-electron chi connectivity index (χ4n) is 1.69. The Balaban J connectivity index is 3.08. The first-order valence-electron chi connectivity index (χ1n) is 5.46. The zero-order valence-corrected chi connectivity index (χ0v) is 11.1. The highest BCUT2D eigenvalue weighted by Crippen LogP contribution is 2.21. The van der Waals surface area contributed by atoms with Gasteiger partial charge in [0.1, 0.15) is 0 Å². The van der Waals surface area contributed by atoms with Gasteiger partial charge < -0.3 is 10.8 Å². The topological polar surface area (TPSA) is 123 Å². The monoisotopic (exact) mass is 284 g/mol. The van der Waals surface area contributed by atoms with Gasteiger partial charge in [0, 0.05) is 6.04 Å². The molecule has 0 aliphatic carbocycles. The number of aliphatic carboxylic acids is 1. The normalized spacial score (nSPS) is 12.9. The van der Waals surface area contributed by atoms with Crippen LogP contribution in [0.5, 0.6) is 0 Å². The summed E-state index contributed by atoms with van der Waals surface area (Å²) in [6.07, 6.45) is 1.28.